The molecule has 104 valence electrons. The Kier molecular flexibility index (Phi) is 4.46. The van der Waals surface area contributed by atoms with Crippen molar-refractivity contribution in [3.05, 3.63) is 28.3 Å². The van der Waals surface area contributed by atoms with Gasteiger partial charge in [0.1, 0.15) is 0 Å². The Balaban J connectivity index is 2.31. The Bertz CT molecular complexity index is 462. The largest absolute Gasteiger partial charge is 0.360 e. The predicted octanol–water partition coefficient (Wildman–Crippen LogP) is 3.88. The average Bonchev–Trinajstić information content (AvgIpc) is 3.13. The van der Waals surface area contributed by atoms with Crippen LogP contribution in [-0.4, -0.2) is 11.2 Å². The summed E-state index contributed by atoms with van der Waals surface area (Å²) in [5, 5.41) is 7.59. The van der Waals surface area contributed by atoms with Crippen molar-refractivity contribution in [3.8, 4) is 0 Å². The van der Waals surface area contributed by atoms with E-state index in [1.54, 1.807) is 0 Å². The molecule has 0 heterocycles. The zero-order chi connectivity index (χ0) is 14.0. The highest BCUT2D eigenvalue weighted by molar-refractivity contribution is 7.80. The molecule has 0 amide bonds. The summed E-state index contributed by atoms with van der Waals surface area (Å²) in [5.74, 6) is 0. The third kappa shape index (κ3) is 3.27. The fourth-order valence-electron chi connectivity index (χ4n) is 2.70. The minimum Gasteiger partial charge on any atom is -0.360 e. The van der Waals surface area contributed by atoms with Crippen LogP contribution in [0.3, 0.4) is 0 Å². The molecule has 2 rings (SSSR count). The number of hydrogen-bond acceptors (Lipinski definition) is 1. The van der Waals surface area contributed by atoms with Crippen LogP contribution in [-0.2, 0) is 12.8 Å². The van der Waals surface area contributed by atoms with E-state index in [-0.39, 0.29) is 0 Å². The lowest BCUT2D eigenvalue weighted by Gasteiger charge is -2.20. The molecule has 1 aromatic carbocycles. The number of hydrogen-bond donors (Lipinski definition) is 2. The molecule has 2 nitrogen and oxygen atoms in total. The van der Waals surface area contributed by atoms with Crippen LogP contribution in [0.1, 0.15) is 48.9 Å². The monoisotopic (exact) mass is 276 g/mol. The highest BCUT2D eigenvalue weighted by atomic mass is 32.1. The topological polar surface area (TPSA) is 24.1 Å². The number of rotatable bonds is 4. The summed E-state index contributed by atoms with van der Waals surface area (Å²) >= 11 is 5.43. The second-order valence-electron chi connectivity index (χ2n) is 5.42. The maximum Gasteiger partial charge on any atom is 0.171 e. The fourth-order valence-corrected chi connectivity index (χ4v) is 2.97. The van der Waals surface area contributed by atoms with Gasteiger partial charge in [0.25, 0.3) is 0 Å². The summed E-state index contributed by atoms with van der Waals surface area (Å²) < 4.78 is 0. The lowest BCUT2D eigenvalue weighted by atomic mass is 9.94. The van der Waals surface area contributed by atoms with E-state index >= 15 is 0 Å². The van der Waals surface area contributed by atoms with Gasteiger partial charge < -0.3 is 10.6 Å². The zero-order valence-corrected chi connectivity index (χ0v) is 13.2. The molecular formula is C16H24N2S. The van der Waals surface area contributed by atoms with E-state index in [1.807, 2.05) is 0 Å². The lowest BCUT2D eigenvalue weighted by Crippen LogP contribution is -2.31. The molecule has 0 bridgehead atoms. The van der Waals surface area contributed by atoms with Gasteiger partial charge >= 0.3 is 0 Å². The van der Waals surface area contributed by atoms with Crippen LogP contribution in [0.5, 0.6) is 0 Å². The molecular weight excluding hydrogens is 252 g/mol. The van der Waals surface area contributed by atoms with Gasteiger partial charge in [-0.15, -0.1) is 0 Å². The molecule has 2 N–H and O–H groups in total. The predicted molar refractivity (Wildman–Crippen MR) is 87.1 cm³/mol. The number of nitrogens with one attached hydrogen (secondary N) is 2. The van der Waals surface area contributed by atoms with Crippen molar-refractivity contribution in [2.75, 3.05) is 5.32 Å². The molecule has 19 heavy (non-hydrogen) atoms. The van der Waals surface area contributed by atoms with Gasteiger partial charge in [0.15, 0.2) is 5.11 Å². The molecule has 1 aliphatic carbocycles. The van der Waals surface area contributed by atoms with E-state index in [0.29, 0.717) is 6.04 Å². The van der Waals surface area contributed by atoms with Crippen molar-refractivity contribution in [2.45, 2.75) is 59.4 Å². The van der Waals surface area contributed by atoms with Crippen molar-refractivity contribution in [3.63, 3.8) is 0 Å². The van der Waals surface area contributed by atoms with Crippen molar-refractivity contribution in [2.24, 2.45) is 0 Å². The third-order valence-electron chi connectivity index (χ3n) is 3.85. The molecule has 1 saturated carbocycles. The first-order valence-corrected chi connectivity index (χ1v) is 7.67. The molecule has 0 aliphatic heterocycles. The maximum absolute atomic E-state index is 5.43. The number of benzene rings is 1. The van der Waals surface area contributed by atoms with Crippen molar-refractivity contribution < 1.29 is 0 Å². The Morgan fingerprint density at radius 3 is 2.11 bits per heavy atom. The normalized spacial score (nSPS) is 14.3. The SMILES string of the molecule is CCc1c(C)cc(C)c(CC)c1NC(=S)NC1CC1. The van der Waals surface area contributed by atoms with Crippen LogP contribution < -0.4 is 10.6 Å². The summed E-state index contributed by atoms with van der Waals surface area (Å²) in [6, 6.07) is 2.89. The van der Waals surface area contributed by atoms with E-state index in [2.05, 4.69) is 44.4 Å². The van der Waals surface area contributed by atoms with Gasteiger partial charge in [0, 0.05) is 11.7 Å². The van der Waals surface area contributed by atoms with Gasteiger partial charge in [-0.1, -0.05) is 19.9 Å². The fraction of sp³-hybridized carbons (Fsp3) is 0.562. The minimum absolute atomic E-state index is 0.598. The van der Waals surface area contributed by atoms with Crippen LogP contribution in [0.4, 0.5) is 5.69 Å². The quantitative estimate of drug-likeness (QED) is 0.816. The summed E-state index contributed by atoms with van der Waals surface area (Å²) in [7, 11) is 0. The van der Waals surface area contributed by atoms with Gasteiger partial charge in [0.05, 0.1) is 0 Å². The highest BCUT2D eigenvalue weighted by Gasteiger charge is 2.22. The molecule has 3 heteroatoms. The summed E-state index contributed by atoms with van der Waals surface area (Å²) in [6.07, 6.45) is 4.56. The summed E-state index contributed by atoms with van der Waals surface area (Å²) in [5.41, 5.74) is 6.73. The Labute approximate surface area is 122 Å². The zero-order valence-electron chi connectivity index (χ0n) is 12.4. The standard InChI is InChI=1S/C16H24N2S/c1-5-13-10(3)9-11(4)14(6-2)15(13)18-16(19)17-12-7-8-12/h9,12H,5-8H2,1-4H3,(H2,17,18,19). The highest BCUT2D eigenvalue weighted by Crippen LogP contribution is 2.29. The minimum atomic E-state index is 0.598. The first kappa shape index (κ1) is 14.3. The molecule has 0 saturated heterocycles. The van der Waals surface area contributed by atoms with Gasteiger partial charge in [-0.2, -0.15) is 0 Å². The third-order valence-corrected chi connectivity index (χ3v) is 4.07. The molecule has 0 aromatic heterocycles. The second kappa shape index (κ2) is 5.91. The van der Waals surface area contributed by atoms with Crippen molar-refractivity contribution in [1.82, 2.24) is 5.32 Å². The molecule has 1 aromatic rings. The van der Waals surface area contributed by atoms with Crippen LogP contribution in [0.25, 0.3) is 0 Å². The van der Waals surface area contributed by atoms with E-state index in [0.717, 1.165) is 18.0 Å². The van der Waals surface area contributed by atoms with Gasteiger partial charge in [-0.25, -0.2) is 0 Å². The Hall–Kier alpha value is -1.09. The van der Waals surface area contributed by atoms with E-state index in [9.17, 15) is 0 Å². The average molecular weight is 276 g/mol. The van der Waals surface area contributed by atoms with Crippen LogP contribution in [0.2, 0.25) is 0 Å². The van der Waals surface area contributed by atoms with E-state index in [1.165, 1.54) is 40.8 Å². The Morgan fingerprint density at radius 1 is 1.16 bits per heavy atom. The van der Waals surface area contributed by atoms with Crippen molar-refractivity contribution >= 4 is 23.0 Å². The van der Waals surface area contributed by atoms with Crippen LogP contribution >= 0.6 is 12.2 Å². The van der Waals surface area contributed by atoms with Gasteiger partial charge in [-0.3, -0.25) is 0 Å². The van der Waals surface area contributed by atoms with E-state index < -0.39 is 0 Å². The number of thiocarbonyl (C=S) groups is 1. The summed E-state index contributed by atoms with van der Waals surface area (Å²) in [6.45, 7) is 8.79. The van der Waals surface area contributed by atoms with Gasteiger partial charge in [0.2, 0.25) is 0 Å². The molecule has 1 aliphatic rings. The van der Waals surface area contributed by atoms with Crippen molar-refractivity contribution in [1.29, 1.82) is 0 Å². The molecule has 0 spiro atoms. The molecule has 1 fully saturated rings. The first-order valence-electron chi connectivity index (χ1n) is 7.26. The maximum atomic E-state index is 5.43. The number of anilines is 1. The smallest absolute Gasteiger partial charge is 0.171 e. The second-order valence-corrected chi connectivity index (χ2v) is 5.83. The number of aryl methyl sites for hydroxylation is 2. The van der Waals surface area contributed by atoms with Gasteiger partial charge in [-0.05, 0) is 74.0 Å². The summed E-state index contributed by atoms with van der Waals surface area (Å²) in [4.78, 5) is 0. The molecule has 0 radical (unpaired) electrons. The van der Waals surface area contributed by atoms with E-state index in [4.69, 9.17) is 12.2 Å². The first-order chi connectivity index (χ1) is 9.06. The molecule has 0 unspecified atom stereocenters. The molecule has 0 atom stereocenters. The Morgan fingerprint density at radius 2 is 1.68 bits per heavy atom. The lowest BCUT2D eigenvalue weighted by molar-refractivity contribution is 0.917. The van der Waals surface area contributed by atoms with Crippen LogP contribution in [0, 0.1) is 13.8 Å². The van der Waals surface area contributed by atoms with Crippen LogP contribution in [0.15, 0.2) is 6.07 Å².